The smallest absolute Gasteiger partial charge is 0.119 e. The second-order valence-electron chi connectivity index (χ2n) is 6.53. The van der Waals surface area contributed by atoms with E-state index in [0.717, 1.165) is 19.5 Å². The highest BCUT2D eigenvalue weighted by molar-refractivity contribution is 5.85. The first kappa shape index (κ1) is 21.9. The Kier molecular flexibility index (Phi) is 8.96. The van der Waals surface area contributed by atoms with Gasteiger partial charge in [-0.2, -0.15) is 0 Å². The lowest BCUT2D eigenvalue weighted by Crippen LogP contribution is -2.34. The van der Waals surface area contributed by atoms with E-state index in [2.05, 4.69) is 90.3 Å². The van der Waals surface area contributed by atoms with E-state index in [-0.39, 0.29) is 12.4 Å². The number of hydrogen-bond donors (Lipinski definition) is 1. The molecule has 1 N–H and O–H groups in total. The number of hydrogen-bond acceptors (Lipinski definition) is 2. The van der Waals surface area contributed by atoms with Crippen molar-refractivity contribution in [3.8, 4) is 0 Å². The van der Waals surface area contributed by atoms with Gasteiger partial charge in [0.2, 0.25) is 0 Å². The van der Waals surface area contributed by atoms with Crippen molar-refractivity contribution in [1.29, 1.82) is 0 Å². The summed E-state index contributed by atoms with van der Waals surface area (Å²) in [5, 5.41) is 3.52. The molecule has 0 saturated heterocycles. The van der Waals surface area contributed by atoms with E-state index in [4.69, 9.17) is 4.74 Å². The van der Waals surface area contributed by atoms with E-state index in [1.807, 2.05) is 18.2 Å². The van der Waals surface area contributed by atoms with Crippen molar-refractivity contribution in [3.05, 3.63) is 114 Å². The third-order valence-electron chi connectivity index (χ3n) is 4.85. The van der Waals surface area contributed by atoms with Gasteiger partial charge >= 0.3 is 0 Å². The standard InChI is InChI=1S/C25H27NO.ClH/c1-27-25(23-15-7-3-8-16-23,24-17-9-4-10-18-24)19-21-26-20-11-14-22-12-5-2-6-13-22;/h2-18,26H,19-21H2,1H3;1H/b14-11+;. The van der Waals surface area contributed by atoms with Crippen LogP contribution in [0.4, 0.5) is 0 Å². The molecule has 0 heterocycles. The lowest BCUT2D eigenvalue weighted by Gasteiger charge is -2.34. The fourth-order valence-corrected chi connectivity index (χ4v) is 3.42. The van der Waals surface area contributed by atoms with Crippen LogP contribution in [0.25, 0.3) is 6.08 Å². The summed E-state index contributed by atoms with van der Waals surface area (Å²) in [6, 6.07) is 31.3. The zero-order valence-electron chi connectivity index (χ0n) is 16.3. The molecule has 0 aromatic heterocycles. The molecule has 146 valence electrons. The summed E-state index contributed by atoms with van der Waals surface area (Å²) in [5.41, 5.74) is 3.14. The summed E-state index contributed by atoms with van der Waals surface area (Å²) >= 11 is 0. The van der Waals surface area contributed by atoms with Crippen LogP contribution in [0.5, 0.6) is 0 Å². The fourth-order valence-electron chi connectivity index (χ4n) is 3.42. The maximum Gasteiger partial charge on any atom is 0.119 e. The van der Waals surface area contributed by atoms with E-state index >= 15 is 0 Å². The van der Waals surface area contributed by atoms with Crippen LogP contribution in [0.2, 0.25) is 0 Å². The molecular formula is C25H28ClNO. The van der Waals surface area contributed by atoms with Gasteiger partial charge in [-0.05, 0) is 29.7 Å². The number of ether oxygens (including phenoxy) is 1. The molecule has 2 nitrogen and oxygen atoms in total. The summed E-state index contributed by atoms with van der Waals surface area (Å²) in [6.45, 7) is 1.69. The predicted octanol–water partition coefficient (Wildman–Crippen LogP) is 5.69. The molecule has 0 unspecified atom stereocenters. The van der Waals surface area contributed by atoms with Gasteiger partial charge in [0.15, 0.2) is 0 Å². The van der Waals surface area contributed by atoms with Crippen LogP contribution in [0.3, 0.4) is 0 Å². The monoisotopic (exact) mass is 393 g/mol. The van der Waals surface area contributed by atoms with Crippen LogP contribution in [0, 0.1) is 0 Å². The summed E-state index contributed by atoms with van der Waals surface area (Å²) in [7, 11) is 1.80. The molecular weight excluding hydrogens is 366 g/mol. The van der Waals surface area contributed by atoms with Crippen LogP contribution < -0.4 is 5.32 Å². The van der Waals surface area contributed by atoms with Crippen molar-refractivity contribution in [2.45, 2.75) is 12.0 Å². The molecule has 0 aliphatic carbocycles. The molecule has 3 aromatic carbocycles. The van der Waals surface area contributed by atoms with E-state index in [9.17, 15) is 0 Å². The number of rotatable bonds is 9. The van der Waals surface area contributed by atoms with E-state index in [0.29, 0.717) is 0 Å². The van der Waals surface area contributed by atoms with Crippen molar-refractivity contribution in [3.63, 3.8) is 0 Å². The normalized spacial score (nSPS) is 11.3. The molecule has 0 bridgehead atoms. The molecule has 0 radical (unpaired) electrons. The minimum atomic E-state index is -0.446. The average Bonchev–Trinajstić information content (AvgIpc) is 2.75. The quantitative estimate of drug-likeness (QED) is 0.471. The maximum atomic E-state index is 6.13. The Morgan fingerprint density at radius 2 is 1.29 bits per heavy atom. The number of halogens is 1. The Morgan fingerprint density at radius 1 is 0.786 bits per heavy atom. The molecule has 28 heavy (non-hydrogen) atoms. The highest BCUT2D eigenvalue weighted by atomic mass is 35.5. The van der Waals surface area contributed by atoms with E-state index in [1.165, 1.54) is 16.7 Å². The van der Waals surface area contributed by atoms with Crippen LogP contribution >= 0.6 is 12.4 Å². The number of nitrogens with one attached hydrogen (secondary N) is 1. The average molecular weight is 394 g/mol. The van der Waals surface area contributed by atoms with Gasteiger partial charge in [0.1, 0.15) is 5.60 Å². The molecule has 0 spiro atoms. The van der Waals surface area contributed by atoms with Crippen molar-refractivity contribution < 1.29 is 4.74 Å². The largest absolute Gasteiger partial charge is 0.369 e. The highest BCUT2D eigenvalue weighted by Gasteiger charge is 2.33. The third kappa shape index (κ3) is 5.56. The predicted molar refractivity (Wildman–Crippen MR) is 121 cm³/mol. The maximum absolute atomic E-state index is 6.13. The second-order valence-corrected chi connectivity index (χ2v) is 6.53. The van der Waals surface area contributed by atoms with Gasteiger partial charge in [-0.15, -0.1) is 12.4 Å². The van der Waals surface area contributed by atoms with Gasteiger partial charge in [-0.1, -0.05) is 103 Å². The molecule has 3 heteroatoms. The highest BCUT2D eigenvalue weighted by Crippen LogP contribution is 2.36. The van der Waals surface area contributed by atoms with Crippen molar-refractivity contribution in [2.75, 3.05) is 20.2 Å². The Bertz CT molecular complexity index is 779. The molecule has 0 aliphatic rings. The van der Waals surface area contributed by atoms with Crippen molar-refractivity contribution in [1.82, 2.24) is 5.32 Å². The Hall–Kier alpha value is -2.39. The SMILES string of the molecule is COC(CCNC/C=C/c1ccccc1)(c1ccccc1)c1ccccc1.Cl. The lowest BCUT2D eigenvalue weighted by atomic mass is 9.83. The number of benzene rings is 3. The molecule has 0 aliphatic heterocycles. The first-order valence-electron chi connectivity index (χ1n) is 9.44. The van der Waals surface area contributed by atoms with Gasteiger partial charge in [0, 0.05) is 13.7 Å². The minimum absolute atomic E-state index is 0. The van der Waals surface area contributed by atoms with Crippen LogP contribution in [0.1, 0.15) is 23.1 Å². The summed E-state index contributed by atoms with van der Waals surface area (Å²) in [5.74, 6) is 0. The number of methoxy groups -OCH3 is 1. The van der Waals surface area contributed by atoms with Crippen molar-refractivity contribution in [2.24, 2.45) is 0 Å². The van der Waals surface area contributed by atoms with Gasteiger partial charge in [0.05, 0.1) is 0 Å². The molecule has 0 amide bonds. The minimum Gasteiger partial charge on any atom is -0.369 e. The molecule has 0 atom stereocenters. The zero-order chi connectivity index (χ0) is 18.8. The van der Waals surface area contributed by atoms with E-state index in [1.54, 1.807) is 7.11 Å². The van der Waals surface area contributed by atoms with Gasteiger partial charge in [-0.3, -0.25) is 0 Å². The topological polar surface area (TPSA) is 21.3 Å². The Morgan fingerprint density at radius 3 is 1.79 bits per heavy atom. The second kappa shape index (κ2) is 11.5. The summed E-state index contributed by atoms with van der Waals surface area (Å²) in [4.78, 5) is 0. The molecule has 3 aromatic rings. The Balaban J connectivity index is 0.00000280. The lowest BCUT2D eigenvalue weighted by molar-refractivity contribution is 0.0149. The van der Waals surface area contributed by atoms with Crippen molar-refractivity contribution >= 4 is 18.5 Å². The first-order chi connectivity index (χ1) is 13.3. The van der Waals surface area contributed by atoms with Crippen LogP contribution in [0.15, 0.2) is 97.1 Å². The molecule has 0 saturated carbocycles. The fraction of sp³-hybridized carbons (Fsp3) is 0.200. The Labute approximate surface area is 174 Å². The van der Waals surface area contributed by atoms with Gasteiger partial charge in [0.25, 0.3) is 0 Å². The molecule has 0 fully saturated rings. The zero-order valence-corrected chi connectivity index (χ0v) is 17.1. The first-order valence-corrected chi connectivity index (χ1v) is 9.44. The third-order valence-corrected chi connectivity index (χ3v) is 4.85. The van der Waals surface area contributed by atoms with Gasteiger partial charge in [-0.25, -0.2) is 0 Å². The van der Waals surface area contributed by atoms with Gasteiger partial charge < -0.3 is 10.1 Å². The van der Waals surface area contributed by atoms with E-state index < -0.39 is 5.60 Å². The van der Waals surface area contributed by atoms with Crippen LogP contribution in [-0.4, -0.2) is 20.2 Å². The van der Waals surface area contributed by atoms with Crippen LogP contribution in [-0.2, 0) is 10.3 Å². The molecule has 3 rings (SSSR count). The summed E-state index contributed by atoms with van der Waals surface area (Å²) < 4.78 is 6.13. The summed E-state index contributed by atoms with van der Waals surface area (Å²) in [6.07, 6.45) is 5.16.